The third kappa shape index (κ3) is 4.59. The van der Waals surface area contributed by atoms with Crippen molar-refractivity contribution in [3.8, 4) is 11.1 Å². The van der Waals surface area contributed by atoms with Gasteiger partial charge in [0.1, 0.15) is 17.2 Å². The zero-order chi connectivity index (χ0) is 31.0. The van der Waals surface area contributed by atoms with Crippen LogP contribution >= 0.6 is 11.6 Å². The number of hydrogen-bond donors (Lipinski definition) is 0. The summed E-state index contributed by atoms with van der Waals surface area (Å²) in [4.78, 5) is 30.4. The number of amides is 1. The van der Waals surface area contributed by atoms with Gasteiger partial charge in [0, 0.05) is 60.8 Å². The quantitative estimate of drug-likeness (QED) is 0.272. The minimum Gasteiger partial charge on any atom is -0.349 e. The van der Waals surface area contributed by atoms with E-state index >= 15 is 4.39 Å². The molecule has 1 aliphatic carbocycles. The molecule has 0 spiro atoms. The van der Waals surface area contributed by atoms with Gasteiger partial charge in [0.15, 0.2) is 5.82 Å². The number of rotatable bonds is 6. The van der Waals surface area contributed by atoms with Crippen molar-refractivity contribution in [1.82, 2.24) is 29.5 Å². The van der Waals surface area contributed by atoms with E-state index in [0.29, 0.717) is 65.8 Å². The molecular weight excluding hydrogens is 586 g/mol. The highest BCUT2D eigenvalue weighted by molar-refractivity contribution is 6.35. The van der Waals surface area contributed by atoms with E-state index in [1.54, 1.807) is 21.7 Å². The standard InChI is InChI=1S/C32H35ClF2N8O/c1-6-26(44)41-13-18(3)42(14-17(41)2)31-22-11-24(33)27(21-9-10-25(34)23-12-36-43(30(21)23)19-7-8-19)28(35)29(22)37-32(38-31)40-15-20(16-40)39(4)5/h6,9-12,17-20H,1,7-8,13-16H2,2-5H3/t17-,18+/m1/s1. The number of fused-ring (bicyclic) bond motifs is 2. The van der Waals surface area contributed by atoms with Crippen molar-refractivity contribution in [3.63, 3.8) is 0 Å². The number of likely N-dealkylation sites (N-methyl/N-ethyl adjacent to an activating group) is 1. The molecule has 2 aliphatic heterocycles. The van der Waals surface area contributed by atoms with Gasteiger partial charge in [0.05, 0.1) is 28.2 Å². The van der Waals surface area contributed by atoms with Crippen molar-refractivity contribution in [2.24, 2.45) is 0 Å². The van der Waals surface area contributed by atoms with Gasteiger partial charge >= 0.3 is 0 Å². The average Bonchev–Trinajstić information content (AvgIpc) is 3.71. The molecule has 1 saturated carbocycles. The Kier molecular flexibility index (Phi) is 7.00. The molecule has 2 atom stereocenters. The molecule has 7 rings (SSSR count). The zero-order valence-electron chi connectivity index (χ0n) is 25.3. The summed E-state index contributed by atoms with van der Waals surface area (Å²) in [7, 11) is 4.07. The number of carbonyl (C=O) groups is 1. The van der Waals surface area contributed by atoms with Crippen LogP contribution in [-0.2, 0) is 4.79 Å². The molecule has 0 unspecified atom stereocenters. The summed E-state index contributed by atoms with van der Waals surface area (Å²) in [5, 5.41) is 5.45. The minimum absolute atomic E-state index is 0.113. The molecule has 2 aromatic carbocycles. The van der Waals surface area contributed by atoms with E-state index in [9.17, 15) is 9.18 Å². The maximum atomic E-state index is 17.0. The Morgan fingerprint density at radius 2 is 1.82 bits per heavy atom. The highest BCUT2D eigenvalue weighted by atomic mass is 35.5. The summed E-state index contributed by atoms with van der Waals surface area (Å²) < 4.78 is 33.7. The summed E-state index contributed by atoms with van der Waals surface area (Å²) in [5.41, 5.74) is 1.33. The monoisotopic (exact) mass is 620 g/mol. The SMILES string of the molecule is C=CC(=O)N1C[C@H](C)N(c2nc(N3CC(N(C)C)C3)nc3c(F)c(-c4ccc(F)c5cnn(C6CC6)c45)c(Cl)cc23)C[C@H]1C. The molecule has 9 nitrogen and oxygen atoms in total. The second-order valence-corrected chi connectivity index (χ2v) is 12.9. The van der Waals surface area contributed by atoms with Gasteiger partial charge in [-0.2, -0.15) is 10.1 Å². The molecule has 1 amide bonds. The number of halogens is 3. The van der Waals surface area contributed by atoms with E-state index in [0.717, 1.165) is 12.8 Å². The highest BCUT2D eigenvalue weighted by Crippen LogP contribution is 2.45. The lowest BCUT2D eigenvalue weighted by atomic mass is 9.99. The number of aromatic nitrogens is 4. The van der Waals surface area contributed by atoms with Crippen LogP contribution < -0.4 is 9.80 Å². The molecule has 0 bridgehead atoms. The molecule has 12 heteroatoms. The van der Waals surface area contributed by atoms with E-state index in [1.807, 2.05) is 32.8 Å². The Morgan fingerprint density at radius 1 is 1.07 bits per heavy atom. The summed E-state index contributed by atoms with van der Waals surface area (Å²) in [6.45, 7) is 10.0. The lowest BCUT2D eigenvalue weighted by molar-refractivity contribution is -0.128. The van der Waals surface area contributed by atoms with Crippen LogP contribution in [0.5, 0.6) is 0 Å². The first-order chi connectivity index (χ1) is 21.1. The van der Waals surface area contributed by atoms with Gasteiger partial charge in [0.25, 0.3) is 0 Å². The molecule has 4 aromatic rings. The summed E-state index contributed by atoms with van der Waals surface area (Å²) >= 11 is 6.93. The third-order valence-corrected chi connectivity index (χ3v) is 9.61. The molecule has 44 heavy (non-hydrogen) atoms. The fraction of sp³-hybridized carbons (Fsp3) is 0.438. The Balaban J connectivity index is 1.41. The summed E-state index contributed by atoms with van der Waals surface area (Å²) in [6.07, 6.45) is 4.71. The van der Waals surface area contributed by atoms with Gasteiger partial charge in [-0.1, -0.05) is 18.2 Å². The first-order valence-electron chi connectivity index (χ1n) is 15.0. The van der Waals surface area contributed by atoms with Crippen molar-refractivity contribution in [2.45, 2.75) is 50.9 Å². The molecular formula is C32H35ClF2N8O. The van der Waals surface area contributed by atoms with Gasteiger partial charge < -0.3 is 19.6 Å². The van der Waals surface area contributed by atoms with E-state index in [4.69, 9.17) is 21.6 Å². The van der Waals surface area contributed by atoms with Crippen LogP contribution in [0.3, 0.4) is 0 Å². The second-order valence-electron chi connectivity index (χ2n) is 12.5. The van der Waals surface area contributed by atoms with Crippen LogP contribution in [0, 0.1) is 11.6 Å². The highest BCUT2D eigenvalue weighted by Gasteiger charge is 2.36. The van der Waals surface area contributed by atoms with Crippen LogP contribution in [0.15, 0.2) is 37.1 Å². The normalized spacial score (nSPS) is 21.0. The van der Waals surface area contributed by atoms with Gasteiger partial charge in [0.2, 0.25) is 11.9 Å². The lowest BCUT2D eigenvalue weighted by Crippen LogP contribution is -2.59. The molecule has 4 heterocycles. The first kappa shape index (κ1) is 28.9. The fourth-order valence-corrected chi connectivity index (χ4v) is 6.79. The van der Waals surface area contributed by atoms with Gasteiger partial charge in [-0.05, 0) is 65.1 Å². The zero-order valence-corrected chi connectivity index (χ0v) is 26.0. The molecule has 2 aromatic heterocycles. The maximum Gasteiger partial charge on any atom is 0.246 e. The van der Waals surface area contributed by atoms with Gasteiger partial charge in [-0.25, -0.2) is 13.8 Å². The number of piperazine rings is 1. The van der Waals surface area contributed by atoms with Crippen LogP contribution in [-0.4, -0.2) is 93.9 Å². The van der Waals surface area contributed by atoms with E-state index < -0.39 is 11.6 Å². The van der Waals surface area contributed by atoms with Crippen molar-refractivity contribution < 1.29 is 13.6 Å². The minimum atomic E-state index is -0.584. The maximum absolute atomic E-state index is 17.0. The third-order valence-electron chi connectivity index (χ3n) is 9.31. The Morgan fingerprint density at radius 3 is 2.50 bits per heavy atom. The van der Waals surface area contributed by atoms with Crippen LogP contribution in [0.1, 0.15) is 32.7 Å². The topological polar surface area (TPSA) is 73.6 Å². The number of nitrogens with zero attached hydrogens (tertiary/aromatic N) is 8. The van der Waals surface area contributed by atoms with Gasteiger partial charge in [-0.15, -0.1) is 0 Å². The first-order valence-corrected chi connectivity index (χ1v) is 15.4. The molecule has 3 aliphatic rings. The molecule has 2 saturated heterocycles. The molecule has 3 fully saturated rings. The van der Waals surface area contributed by atoms with Crippen molar-refractivity contribution in [2.75, 3.05) is 50.1 Å². The predicted octanol–water partition coefficient (Wildman–Crippen LogP) is 5.27. The van der Waals surface area contributed by atoms with E-state index in [-0.39, 0.29) is 40.1 Å². The van der Waals surface area contributed by atoms with Gasteiger partial charge in [-0.3, -0.25) is 9.48 Å². The van der Waals surface area contributed by atoms with E-state index in [1.165, 1.54) is 18.3 Å². The Hall–Kier alpha value is -3.83. The van der Waals surface area contributed by atoms with Crippen molar-refractivity contribution in [3.05, 3.63) is 53.7 Å². The van der Waals surface area contributed by atoms with Crippen molar-refractivity contribution in [1.29, 1.82) is 0 Å². The summed E-state index contributed by atoms with van der Waals surface area (Å²) in [5.74, 6) is -0.107. The summed E-state index contributed by atoms with van der Waals surface area (Å²) in [6, 6.07) is 4.89. The number of hydrogen-bond acceptors (Lipinski definition) is 7. The fourth-order valence-electron chi connectivity index (χ4n) is 6.50. The largest absolute Gasteiger partial charge is 0.349 e. The van der Waals surface area contributed by atoms with E-state index in [2.05, 4.69) is 21.5 Å². The average molecular weight is 621 g/mol. The van der Waals surface area contributed by atoms with Crippen LogP contribution in [0.4, 0.5) is 20.5 Å². The Labute approximate surface area is 259 Å². The number of anilines is 2. The molecule has 0 N–H and O–H groups in total. The molecule has 0 radical (unpaired) electrons. The van der Waals surface area contributed by atoms with Crippen LogP contribution in [0.2, 0.25) is 5.02 Å². The number of benzene rings is 2. The van der Waals surface area contributed by atoms with Crippen LogP contribution in [0.25, 0.3) is 32.9 Å². The Bertz CT molecular complexity index is 1820. The second kappa shape index (κ2) is 10.7. The van der Waals surface area contributed by atoms with Crippen molar-refractivity contribution >= 4 is 51.1 Å². The molecule has 230 valence electrons. The predicted molar refractivity (Wildman–Crippen MR) is 169 cm³/mol. The lowest BCUT2D eigenvalue weighted by Gasteiger charge is -2.45. The number of carbonyl (C=O) groups excluding carboxylic acids is 1. The smallest absolute Gasteiger partial charge is 0.246 e.